The predicted octanol–water partition coefficient (Wildman–Crippen LogP) is 4.30. The Balaban J connectivity index is 1.95. The summed E-state index contributed by atoms with van der Waals surface area (Å²) in [6, 6.07) is 13.7. The molecule has 3 N–H and O–H groups in total. The largest absolute Gasteiger partial charge is 0.508 e. The zero-order chi connectivity index (χ0) is 29.9. The molecule has 3 aromatic rings. The Morgan fingerprint density at radius 2 is 0.878 bits per heavy atom. The molecule has 41 heavy (non-hydrogen) atoms. The van der Waals surface area contributed by atoms with Gasteiger partial charge in [0.2, 0.25) is 0 Å². The molecule has 3 aromatic carbocycles. The Bertz CT molecular complexity index is 1300. The molecule has 0 saturated carbocycles. The number of esters is 3. The molecule has 0 heterocycles. The summed E-state index contributed by atoms with van der Waals surface area (Å²) in [5, 5.41) is 32.5. The highest BCUT2D eigenvalue weighted by atomic mass is 16.5. The molecule has 0 unspecified atom stereocenters. The van der Waals surface area contributed by atoms with Gasteiger partial charge in [0.05, 0.1) is 21.3 Å². The average molecular weight is 565 g/mol. The zero-order valence-electron chi connectivity index (χ0n) is 23.6. The molecule has 0 amide bonds. The molecule has 3 rings (SSSR count). The van der Waals surface area contributed by atoms with Crippen molar-refractivity contribution in [2.24, 2.45) is 0 Å². The van der Waals surface area contributed by atoms with Crippen molar-refractivity contribution in [3.8, 4) is 17.2 Å². The Hall–Kier alpha value is -4.53. The van der Waals surface area contributed by atoms with E-state index in [0.29, 0.717) is 41.5 Å². The summed E-state index contributed by atoms with van der Waals surface area (Å²) in [6.45, 7) is 0. The van der Waals surface area contributed by atoms with Crippen LogP contribution in [0.1, 0.15) is 58.2 Å². The molecule has 9 heteroatoms. The van der Waals surface area contributed by atoms with E-state index in [4.69, 9.17) is 14.2 Å². The van der Waals surface area contributed by atoms with Gasteiger partial charge in [-0.15, -0.1) is 0 Å². The van der Waals surface area contributed by atoms with E-state index in [1.165, 1.54) is 21.3 Å². The number of aromatic hydroxyl groups is 3. The van der Waals surface area contributed by atoms with Crippen LogP contribution in [0.5, 0.6) is 17.2 Å². The Kier molecular flexibility index (Phi) is 11.1. The van der Waals surface area contributed by atoms with Gasteiger partial charge in [-0.05, 0) is 70.3 Å². The lowest BCUT2D eigenvalue weighted by Crippen LogP contribution is -2.05. The number of phenols is 3. The molecular formula is C32H36O9. The SMILES string of the molecule is COC(=O)CCc1ccc(O)c(Cc2cc(CCC(=O)OC)cc(Cc3cc(CCC(=O)OC)ccc3O)c2O)c1. The van der Waals surface area contributed by atoms with Crippen LogP contribution in [-0.4, -0.2) is 54.6 Å². The highest BCUT2D eigenvalue weighted by Gasteiger charge is 2.17. The number of phenolic OH excluding ortho intramolecular Hbond substituents is 3. The minimum absolute atomic E-state index is 0.00513. The summed E-state index contributed by atoms with van der Waals surface area (Å²) in [4.78, 5) is 35.0. The number of hydrogen-bond donors (Lipinski definition) is 3. The third kappa shape index (κ3) is 8.99. The monoisotopic (exact) mass is 564 g/mol. The number of aryl methyl sites for hydroxylation is 3. The topological polar surface area (TPSA) is 140 Å². The second kappa shape index (κ2) is 14.7. The quantitative estimate of drug-likeness (QED) is 0.205. The molecular weight excluding hydrogens is 528 g/mol. The van der Waals surface area contributed by atoms with Crippen molar-refractivity contribution in [3.63, 3.8) is 0 Å². The molecule has 0 radical (unpaired) electrons. The normalized spacial score (nSPS) is 10.7. The first kappa shape index (κ1) is 31.0. The summed E-state index contributed by atoms with van der Waals surface area (Å²) < 4.78 is 14.2. The van der Waals surface area contributed by atoms with Crippen LogP contribution < -0.4 is 0 Å². The third-order valence-corrected chi connectivity index (χ3v) is 6.91. The van der Waals surface area contributed by atoms with Gasteiger partial charge in [-0.1, -0.05) is 36.4 Å². The summed E-state index contributed by atoms with van der Waals surface area (Å²) in [5.74, 6) is -0.943. The number of rotatable bonds is 13. The highest BCUT2D eigenvalue weighted by molar-refractivity contribution is 5.70. The van der Waals surface area contributed by atoms with E-state index in [1.807, 2.05) is 0 Å². The maximum Gasteiger partial charge on any atom is 0.305 e. The van der Waals surface area contributed by atoms with Gasteiger partial charge in [-0.2, -0.15) is 0 Å². The lowest BCUT2D eigenvalue weighted by atomic mass is 9.92. The fraction of sp³-hybridized carbons (Fsp3) is 0.344. The van der Waals surface area contributed by atoms with Gasteiger partial charge in [0, 0.05) is 32.1 Å². The van der Waals surface area contributed by atoms with Gasteiger partial charge in [0.25, 0.3) is 0 Å². The molecule has 0 saturated heterocycles. The highest BCUT2D eigenvalue weighted by Crippen LogP contribution is 2.34. The number of methoxy groups -OCH3 is 3. The first-order valence-electron chi connectivity index (χ1n) is 13.3. The van der Waals surface area contributed by atoms with Crippen LogP contribution in [0.25, 0.3) is 0 Å². The fourth-order valence-corrected chi connectivity index (χ4v) is 4.57. The van der Waals surface area contributed by atoms with E-state index in [9.17, 15) is 29.7 Å². The molecule has 218 valence electrons. The van der Waals surface area contributed by atoms with Crippen molar-refractivity contribution < 1.29 is 43.9 Å². The number of benzene rings is 3. The van der Waals surface area contributed by atoms with Gasteiger partial charge >= 0.3 is 17.9 Å². The van der Waals surface area contributed by atoms with Crippen molar-refractivity contribution in [1.29, 1.82) is 0 Å². The van der Waals surface area contributed by atoms with Gasteiger partial charge in [-0.3, -0.25) is 14.4 Å². The van der Waals surface area contributed by atoms with Crippen molar-refractivity contribution in [2.45, 2.75) is 51.4 Å². The summed E-state index contributed by atoms with van der Waals surface area (Å²) >= 11 is 0. The first-order chi connectivity index (χ1) is 19.6. The summed E-state index contributed by atoms with van der Waals surface area (Å²) in [5.41, 5.74) is 4.63. The van der Waals surface area contributed by atoms with Gasteiger partial charge in [-0.25, -0.2) is 0 Å². The van der Waals surface area contributed by atoms with E-state index in [2.05, 4.69) is 0 Å². The molecule has 0 aromatic heterocycles. The molecule has 0 aliphatic rings. The second-order valence-corrected chi connectivity index (χ2v) is 9.77. The minimum atomic E-state index is -0.368. The van der Waals surface area contributed by atoms with E-state index in [1.54, 1.807) is 48.5 Å². The van der Waals surface area contributed by atoms with Crippen LogP contribution in [0.2, 0.25) is 0 Å². The van der Waals surface area contributed by atoms with Crippen LogP contribution >= 0.6 is 0 Å². The molecule has 9 nitrogen and oxygen atoms in total. The van der Waals surface area contributed by atoms with E-state index < -0.39 is 0 Å². The molecule has 0 bridgehead atoms. The number of carbonyl (C=O) groups is 3. The number of ether oxygens (including phenoxy) is 3. The van der Waals surface area contributed by atoms with Crippen LogP contribution in [0, 0.1) is 0 Å². The molecule has 0 spiro atoms. The lowest BCUT2D eigenvalue weighted by molar-refractivity contribution is -0.141. The van der Waals surface area contributed by atoms with Crippen molar-refractivity contribution in [3.05, 3.63) is 87.5 Å². The van der Waals surface area contributed by atoms with Crippen LogP contribution in [0.3, 0.4) is 0 Å². The summed E-state index contributed by atoms with van der Waals surface area (Å²) in [6.07, 6.45) is 2.14. The molecule has 0 fully saturated rings. The van der Waals surface area contributed by atoms with E-state index in [0.717, 1.165) is 16.7 Å². The van der Waals surface area contributed by atoms with Crippen LogP contribution in [0.15, 0.2) is 48.5 Å². The van der Waals surface area contributed by atoms with Crippen molar-refractivity contribution in [2.75, 3.05) is 21.3 Å². The maximum absolute atomic E-state index is 11.8. The standard InChI is InChI=1S/C32H36O9/c1-39-29(35)11-6-20-4-9-27(33)23(14-20)18-25-16-22(8-13-31(37)41-3)17-26(32(25)38)19-24-15-21(5-10-28(24)34)7-12-30(36)40-2/h4-5,9-10,14-17,33-34,38H,6-8,11-13,18-19H2,1-3H3. The second-order valence-electron chi connectivity index (χ2n) is 9.77. The van der Waals surface area contributed by atoms with Crippen molar-refractivity contribution >= 4 is 17.9 Å². The van der Waals surface area contributed by atoms with E-state index >= 15 is 0 Å². The smallest absolute Gasteiger partial charge is 0.305 e. The van der Waals surface area contributed by atoms with Crippen LogP contribution in [-0.2, 0) is 60.7 Å². The van der Waals surface area contributed by atoms with E-state index in [-0.39, 0.29) is 67.3 Å². The van der Waals surface area contributed by atoms with Gasteiger partial charge in [0.1, 0.15) is 17.2 Å². The Labute approximate surface area is 239 Å². The summed E-state index contributed by atoms with van der Waals surface area (Å²) in [7, 11) is 3.98. The third-order valence-electron chi connectivity index (χ3n) is 6.91. The zero-order valence-corrected chi connectivity index (χ0v) is 23.6. The lowest BCUT2D eigenvalue weighted by Gasteiger charge is -2.16. The Morgan fingerprint density at radius 3 is 1.24 bits per heavy atom. The minimum Gasteiger partial charge on any atom is -0.508 e. The predicted molar refractivity (Wildman–Crippen MR) is 151 cm³/mol. The first-order valence-corrected chi connectivity index (χ1v) is 13.3. The van der Waals surface area contributed by atoms with Crippen LogP contribution in [0.4, 0.5) is 0 Å². The Morgan fingerprint density at radius 1 is 0.537 bits per heavy atom. The average Bonchev–Trinajstić information content (AvgIpc) is 2.98. The maximum atomic E-state index is 11.8. The molecule has 0 aliphatic heterocycles. The molecule has 0 atom stereocenters. The van der Waals surface area contributed by atoms with Gasteiger partial charge in [0.15, 0.2) is 0 Å². The fourth-order valence-electron chi connectivity index (χ4n) is 4.57. The van der Waals surface area contributed by atoms with Gasteiger partial charge < -0.3 is 29.5 Å². The number of hydrogen-bond acceptors (Lipinski definition) is 9. The molecule has 0 aliphatic carbocycles. The number of carbonyl (C=O) groups excluding carboxylic acids is 3. The van der Waals surface area contributed by atoms with Crippen molar-refractivity contribution in [1.82, 2.24) is 0 Å².